The van der Waals surface area contributed by atoms with Crippen molar-refractivity contribution in [2.45, 2.75) is 0 Å². The molecule has 4 heterocycles. The van der Waals surface area contributed by atoms with Crippen LogP contribution in [0.15, 0.2) is 400 Å². The summed E-state index contributed by atoms with van der Waals surface area (Å²) in [6.07, 6.45) is 0. The largest absolute Gasteiger partial charge is 0.309 e. The van der Waals surface area contributed by atoms with Crippen molar-refractivity contribution >= 4 is 130 Å². The number of hydrogen-bond donors (Lipinski definition) is 0. The number of fused-ring (bicyclic) bond motifs is 18. The Hall–Kier alpha value is -14.6. The molecule has 4 nitrogen and oxygen atoms in total. The van der Waals surface area contributed by atoms with E-state index in [-0.39, 0.29) is 0 Å². The van der Waals surface area contributed by atoms with Crippen molar-refractivity contribution in [3.8, 4) is 89.5 Å². The molecule has 510 valence electrons. The summed E-state index contributed by atoms with van der Waals surface area (Å²) >= 11 is 0. The molecule has 110 heavy (non-hydrogen) atoms. The normalized spacial score (nSPS) is 12.0. The Balaban J connectivity index is 0.000000133. The van der Waals surface area contributed by atoms with Crippen LogP contribution >= 0.6 is 0 Å². The van der Waals surface area contributed by atoms with Gasteiger partial charge in [0.1, 0.15) is 0 Å². The Bertz CT molecular complexity index is 7740. The molecule has 1 aliphatic rings. The van der Waals surface area contributed by atoms with E-state index in [1.54, 1.807) is 0 Å². The molecule has 23 aromatic rings. The van der Waals surface area contributed by atoms with Gasteiger partial charge in [0.15, 0.2) is 0 Å². The lowest BCUT2D eigenvalue weighted by Gasteiger charge is -2.13. The Labute approximate surface area is 634 Å². The molecule has 0 aliphatic heterocycles. The van der Waals surface area contributed by atoms with Crippen molar-refractivity contribution < 1.29 is 0 Å². The number of hydrogen-bond acceptors (Lipinski definition) is 0. The quantitative estimate of drug-likeness (QED) is 0.144. The van der Waals surface area contributed by atoms with Crippen LogP contribution in [0.1, 0.15) is 0 Å². The Morgan fingerprint density at radius 2 is 0.436 bits per heavy atom. The van der Waals surface area contributed by atoms with Crippen LogP contribution in [0.5, 0.6) is 0 Å². The number of nitrogens with zero attached hydrogens (tertiary/aromatic N) is 4. The van der Waals surface area contributed by atoms with Gasteiger partial charge in [0.25, 0.3) is 0 Å². The molecule has 0 bridgehead atoms. The Morgan fingerprint density at radius 3 is 0.945 bits per heavy atom. The van der Waals surface area contributed by atoms with Gasteiger partial charge in [-0.05, 0) is 243 Å². The van der Waals surface area contributed by atoms with E-state index in [1.165, 1.54) is 214 Å². The van der Waals surface area contributed by atoms with Crippen molar-refractivity contribution in [1.82, 2.24) is 18.3 Å². The lowest BCUT2D eigenvalue weighted by Crippen LogP contribution is -1.94. The van der Waals surface area contributed by atoms with Gasteiger partial charge in [-0.25, -0.2) is 0 Å². The third kappa shape index (κ3) is 9.59. The van der Waals surface area contributed by atoms with Crippen molar-refractivity contribution in [1.29, 1.82) is 0 Å². The molecule has 1 aliphatic carbocycles. The first-order chi connectivity index (χ1) is 54.5. The average molecular weight is 1400 g/mol. The average Bonchev–Trinajstić information content (AvgIpc) is 1.60. The second kappa shape index (κ2) is 24.5. The maximum absolute atomic E-state index is 2.44. The van der Waals surface area contributed by atoms with Crippen LogP contribution in [0, 0.1) is 0 Å². The van der Waals surface area contributed by atoms with E-state index in [9.17, 15) is 0 Å². The molecule has 0 fully saturated rings. The molecule has 24 rings (SSSR count). The number of para-hydroxylation sites is 6. The third-order valence-electron chi connectivity index (χ3n) is 23.5. The summed E-state index contributed by atoms with van der Waals surface area (Å²) in [5.41, 5.74) is 29.6. The Morgan fingerprint density at radius 1 is 0.127 bits per heavy atom. The van der Waals surface area contributed by atoms with E-state index in [1.807, 2.05) is 0 Å². The molecule has 4 heteroatoms. The molecule has 0 atom stereocenters. The van der Waals surface area contributed by atoms with E-state index in [0.29, 0.717) is 0 Å². The lowest BCUT2D eigenvalue weighted by molar-refractivity contribution is 1.18. The molecule has 0 unspecified atom stereocenters. The summed E-state index contributed by atoms with van der Waals surface area (Å²) in [6.45, 7) is 0. The number of benzene rings is 19. The summed E-state index contributed by atoms with van der Waals surface area (Å²) < 4.78 is 9.61. The van der Waals surface area contributed by atoms with Crippen LogP contribution in [-0.4, -0.2) is 18.3 Å². The molecule has 0 radical (unpaired) electrons. The zero-order chi connectivity index (χ0) is 72.1. The fraction of sp³-hybridized carbons (Fsp3) is 0. The molecule has 0 N–H and O–H groups in total. The smallest absolute Gasteiger partial charge is 0.0541 e. The highest BCUT2D eigenvalue weighted by molar-refractivity contribution is 6.20. The van der Waals surface area contributed by atoms with Gasteiger partial charge in [0.2, 0.25) is 0 Å². The van der Waals surface area contributed by atoms with Crippen molar-refractivity contribution in [3.05, 3.63) is 400 Å². The highest BCUT2D eigenvalue weighted by atomic mass is 15.0. The predicted octanol–water partition coefficient (Wildman–Crippen LogP) is 28.7. The van der Waals surface area contributed by atoms with Gasteiger partial charge in [-0.3, -0.25) is 0 Å². The van der Waals surface area contributed by atoms with Gasteiger partial charge in [0, 0.05) is 65.8 Å². The molecule has 0 amide bonds. The van der Waals surface area contributed by atoms with Crippen LogP contribution in [0.2, 0.25) is 0 Å². The fourth-order valence-corrected chi connectivity index (χ4v) is 18.5. The molecular weight excluding hydrogens is 1330 g/mol. The molecule has 4 aromatic heterocycles. The van der Waals surface area contributed by atoms with Crippen LogP contribution in [0.25, 0.3) is 220 Å². The lowest BCUT2D eigenvalue weighted by atomic mass is 9.93. The zero-order valence-electron chi connectivity index (χ0n) is 59.9. The van der Waals surface area contributed by atoms with Crippen molar-refractivity contribution in [2.75, 3.05) is 0 Å². The first-order valence-electron chi connectivity index (χ1n) is 38.0. The minimum absolute atomic E-state index is 1.16. The second-order valence-corrected chi connectivity index (χ2v) is 29.5. The maximum atomic E-state index is 2.44. The van der Waals surface area contributed by atoms with E-state index in [0.717, 1.165) is 5.69 Å². The topological polar surface area (TPSA) is 19.7 Å². The second-order valence-electron chi connectivity index (χ2n) is 29.5. The highest BCUT2D eigenvalue weighted by Crippen LogP contribution is 2.50. The predicted molar refractivity (Wildman–Crippen MR) is 466 cm³/mol. The van der Waals surface area contributed by atoms with Gasteiger partial charge in [0.05, 0.1) is 44.1 Å². The molecule has 0 saturated heterocycles. The monoisotopic (exact) mass is 1390 g/mol. The van der Waals surface area contributed by atoms with Gasteiger partial charge in [-0.2, -0.15) is 0 Å². The summed E-state index contributed by atoms with van der Waals surface area (Å²) in [6, 6.07) is 147. The minimum Gasteiger partial charge on any atom is -0.309 e. The summed E-state index contributed by atoms with van der Waals surface area (Å²) in [5, 5.41) is 20.2. The van der Waals surface area contributed by atoms with Crippen LogP contribution in [0.3, 0.4) is 0 Å². The molecule has 0 spiro atoms. The van der Waals surface area contributed by atoms with Crippen molar-refractivity contribution in [3.63, 3.8) is 0 Å². The van der Waals surface area contributed by atoms with E-state index in [2.05, 4.69) is 419 Å². The van der Waals surface area contributed by atoms with Gasteiger partial charge in [-0.1, -0.05) is 267 Å². The number of rotatable bonds is 8. The first kappa shape index (κ1) is 61.7. The zero-order valence-corrected chi connectivity index (χ0v) is 59.9. The van der Waals surface area contributed by atoms with E-state index >= 15 is 0 Å². The summed E-state index contributed by atoms with van der Waals surface area (Å²) in [4.78, 5) is 0. The minimum atomic E-state index is 1.16. The van der Waals surface area contributed by atoms with Crippen LogP contribution < -0.4 is 0 Å². The van der Waals surface area contributed by atoms with E-state index < -0.39 is 0 Å². The van der Waals surface area contributed by atoms with Gasteiger partial charge in [-0.15, -0.1) is 0 Å². The fourth-order valence-electron chi connectivity index (χ4n) is 18.5. The van der Waals surface area contributed by atoms with Gasteiger partial charge >= 0.3 is 0 Å². The third-order valence-corrected chi connectivity index (χ3v) is 23.5. The molecular formula is C106H66N4. The van der Waals surface area contributed by atoms with Crippen LogP contribution in [0.4, 0.5) is 0 Å². The van der Waals surface area contributed by atoms with Crippen LogP contribution in [-0.2, 0) is 0 Å². The molecule has 19 aromatic carbocycles. The molecule has 0 saturated carbocycles. The first-order valence-corrected chi connectivity index (χ1v) is 38.0. The highest BCUT2D eigenvalue weighted by Gasteiger charge is 2.24. The van der Waals surface area contributed by atoms with Crippen molar-refractivity contribution in [2.24, 2.45) is 0 Å². The van der Waals surface area contributed by atoms with Gasteiger partial charge < -0.3 is 18.3 Å². The Kier molecular flexibility index (Phi) is 13.7. The maximum Gasteiger partial charge on any atom is 0.0541 e. The standard InChI is InChI=1S/C56H34N2.C50H32N2/c1-2-11-40(12-3-1)57-52-19-8-6-15-45(52)50-33-36(24-29-54(50)57)37-25-30-55-51(34-37)46-16-7-9-20-53(46)58(55)41-26-23-35-21-22-38(31-39(35)32-41)42-27-28-49-44-14-5-4-13-43(44)48-18-10-17-47(42)56(48)49;1-2-13-39(14-3-1)51-47-19-8-6-16-43(47)45-31-36(24-27-49(45)51)37-25-28-50-46(32-37)44-17-7-9-20-48(44)52(50)40-26-23-34-29-38(22-21-35(34)30-40)42-18-10-12-33-11-4-5-15-41(33)42/h1-34H;1-32H. The SMILES string of the molecule is c1ccc(-n2c3ccccc3c3cc(-c4ccc5c(c4)c4ccccc4n5-c4ccc5cc(-c6cccc7ccccc67)ccc5c4)ccc32)cc1.c1ccc(-n2c3ccccc3c3cc(-c4ccc5c(c4)c4ccccc4n5-c4ccc5ccc(-c6ccc7c8c(cccc68)-c6ccccc6-7)cc5c4)ccc32)cc1. The summed E-state index contributed by atoms with van der Waals surface area (Å²) in [5.74, 6) is 0. The number of aromatic nitrogens is 4. The van der Waals surface area contributed by atoms with E-state index in [4.69, 9.17) is 0 Å². The summed E-state index contributed by atoms with van der Waals surface area (Å²) in [7, 11) is 0.